The van der Waals surface area contributed by atoms with Gasteiger partial charge in [-0.15, -0.1) is 0 Å². The van der Waals surface area contributed by atoms with Gasteiger partial charge in [-0.1, -0.05) is 12.2 Å². The van der Waals surface area contributed by atoms with Crippen LogP contribution < -0.4 is 4.74 Å². The Morgan fingerprint density at radius 3 is 2.52 bits per heavy atom. The lowest BCUT2D eigenvalue weighted by atomic mass is 9.83. The van der Waals surface area contributed by atoms with Crippen molar-refractivity contribution in [2.45, 2.75) is 44.9 Å². The molecule has 0 radical (unpaired) electrons. The molecule has 1 aliphatic rings. The average molecular weight is 328 g/mol. The van der Waals surface area contributed by atoms with Crippen LogP contribution >= 0.6 is 0 Å². The second kappa shape index (κ2) is 6.26. The van der Waals surface area contributed by atoms with Crippen molar-refractivity contribution in [2.24, 2.45) is 5.92 Å². The van der Waals surface area contributed by atoms with Gasteiger partial charge < -0.3 is 9.84 Å². The maximum atomic E-state index is 13.2. The van der Waals surface area contributed by atoms with E-state index >= 15 is 0 Å². The molecular weight excluding hydrogens is 309 g/mol. The van der Waals surface area contributed by atoms with Crippen LogP contribution in [0, 0.1) is 5.92 Å². The molecule has 0 saturated carbocycles. The number of benzene rings is 1. The monoisotopic (exact) mass is 328 g/mol. The molecule has 0 bridgehead atoms. The molecule has 0 aliphatic heterocycles. The first-order valence-corrected chi connectivity index (χ1v) is 7.41. The molecule has 23 heavy (non-hydrogen) atoms. The summed E-state index contributed by atoms with van der Waals surface area (Å²) < 4.78 is 45.1. The topological polar surface area (TPSA) is 46.5 Å². The summed E-state index contributed by atoms with van der Waals surface area (Å²) in [5.41, 5.74) is -2.06. The first-order chi connectivity index (χ1) is 10.6. The minimum Gasteiger partial charge on any atom is -0.487 e. The summed E-state index contributed by atoms with van der Waals surface area (Å²) in [5, 5.41) is 9.00. The van der Waals surface area contributed by atoms with Gasteiger partial charge in [-0.2, -0.15) is 13.2 Å². The molecule has 0 spiro atoms. The van der Waals surface area contributed by atoms with Crippen LogP contribution in [0.2, 0.25) is 0 Å². The summed E-state index contributed by atoms with van der Waals surface area (Å²) in [6, 6.07) is 2.64. The third kappa shape index (κ3) is 4.06. The minimum absolute atomic E-state index is 0.0224. The summed E-state index contributed by atoms with van der Waals surface area (Å²) >= 11 is 0. The normalized spacial score (nSPS) is 18.7. The number of hydrogen-bond acceptors (Lipinski definition) is 2. The summed E-state index contributed by atoms with van der Waals surface area (Å²) in [5.74, 6) is -1.76. The van der Waals surface area contributed by atoms with Crippen molar-refractivity contribution in [1.82, 2.24) is 0 Å². The highest BCUT2D eigenvalue weighted by molar-refractivity contribution is 5.88. The fourth-order valence-electron chi connectivity index (χ4n) is 2.72. The van der Waals surface area contributed by atoms with Gasteiger partial charge in [-0.25, -0.2) is 4.79 Å². The number of allylic oxidation sites excluding steroid dienone is 1. The predicted molar refractivity (Wildman–Crippen MR) is 79.6 cm³/mol. The maximum absolute atomic E-state index is 13.2. The highest BCUT2D eigenvalue weighted by Gasteiger charge is 2.38. The zero-order chi connectivity index (χ0) is 17.3. The van der Waals surface area contributed by atoms with E-state index in [-0.39, 0.29) is 11.5 Å². The van der Waals surface area contributed by atoms with Gasteiger partial charge in [0.15, 0.2) is 0 Å². The van der Waals surface area contributed by atoms with Crippen molar-refractivity contribution in [2.75, 3.05) is 0 Å². The second-order valence-electron chi connectivity index (χ2n) is 6.18. The van der Waals surface area contributed by atoms with Gasteiger partial charge >= 0.3 is 12.1 Å². The number of rotatable bonds is 4. The fraction of sp³-hybridized carbons (Fsp3) is 0.471. The quantitative estimate of drug-likeness (QED) is 0.798. The molecular formula is C17H19F3O3. The second-order valence-corrected chi connectivity index (χ2v) is 6.18. The van der Waals surface area contributed by atoms with Crippen molar-refractivity contribution in [3.63, 3.8) is 0 Å². The van der Waals surface area contributed by atoms with Crippen molar-refractivity contribution in [3.8, 4) is 5.75 Å². The van der Waals surface area contributed by atoms with E-state index in [9.17, 15) is 18.0 Å². The molecule has 0 saturated heterocycles. The Labute approximate surface area is 132 Å². The number of alkyl halides is 3. The number of carboxylic acids is 1. The molecule has 0 fully saturated rings. The molecule has 0 aromatic heterocycles. The Bertz CT molecular complexity index is 618. The Balaban J connectivity index is 2.39. The van der Waals surface area contributed by atoms with Crippen molar-refractivity contribution in [3.05, 3.63) is 41.5 Å². The van der Waals surface area contributed by atoms with E-state index < -0.39 is 29.1 Å². The van der Waals surface area contributed by atoms with Crippen LogP contribution in [0.1, 0.15) is 49.0 Å². The number of carbonyl (C=O) groups is 1. The van der Waals surface area contributed by atoms with Crippen LogP contribution in [0.3, 0.4) is 0 Å². The molecule has 1 aromatic carbocycles. The molecule has 3 nitrogen and oxygen atoms in total. The van der Waals surface area contributed by atoms with Gasteiger partial charge in [0.1, 0.15) is 11.4 Å². The highest BCUT2D eigenvalue weighted by Crippen LogP contribution is 2.40. The Hall–Kier alpha value is -1.98. The van der Waals surface area contributed by atoms with Crippen molar-refractivity contribution in [1.29, 1.82) is 0 Å². The predicted octanol–water partition coefficient (Wildman–Crippen LogP) is 4.92. The molecule has 0 heterocycles. The average Bonchev–Trinajstić information content (AvgIpc) is 2.46. The molecule has 1 aromatic rings. The number of carboxylic acid groups (broad SMARTS) is 1. The number of hydrogen-bond donors (Lipinski definition) is 1. The van der Waals surface area contributed by atoms with Crippen LogP contribution in [0.15, 0.2) is 30.4 Å². The Kier molecular flexibility index (Phi) is 4.73. The van der Waals surface area contributed by atoms with Gasteiger partial charge in [0.25, 0.3) is 0 Å². The van der Waals surface area contributed by atoms with E-state index in [0.29, 0.717) is 0 Å². The van der Waals surface area contributed by atoms with Gasteiger partial charge in [0, 0.05) is 5.92 Å². The Morgan fingerprint density at radius 1 is 1.30 bits per heavy atom. The van der Waals surface area contributed by atoms with Crippen LogP contribution in [0.4, 0.5) is 13.2 Å². The van der Waals surface area contributed by atoms with Gasteiger partial charge in [0.2, 0.25) is 0 Å². The third-order valence-corrected chi connectivity index (χ3v) is 4.05. The van der Waals surface area contributed by atoms with Crippen LogP contribution in [0.25, 0.3) is 0 Å². The van der Waals surface area contributed by atoms with E-state index in [4.69, 9.17) is 9.84 Å². The number of ether oxygens (including phenoxy) is 1. The molecule has 1 atom stereocenters. The smallest absolute Gasteiger partial charge is 0.419 e. The van der Waals surface area contributed by atoms with Gasteiger partial charge in [-0.3, -0.25) is 0 Å². The highest BCUT2D eigenvalue weighted by atomic mass is 19.4. The number of aromatic carboxylic acids is 1. The lowest BCUT2D eigenvalue weighted by Gasteiger charge is -2.35. The zero-order valence-electron chi connectivity index (χ0n) is 13.0. The maximum Gasteiger partial charge on any atom is 0.419 e. The summed E-state index contributed by atoms with van der Waals surface area (Å²) in [4.78, 5) is 11.0. The molecule has 126 valence electrons. The number of halogens is 3. The first kappa shape index (κ1) is 17.4. The van der Waals surface area contributed by atoms with Gasteiger partial charge in [-0.05, 0) is 51.3 Å². The zero-order valence-corrected chi connectivity index (χ0v) is 13.0. The molecule has 0 amide bonds. The van der Waals surface area contributed by atoms with E-state index in [0.717, 1.165) is 37.5 Å². The molecule has 1 aliphatic carbocycles. The van der Waals surface area contributed by atoms with Crippen LogP contribution in [-0.2, 0) is 6.18 Å². The van der Waals surface area contributed by atoms with Gasteiger partial charge in [0.05, 0.1) is 11.1 Å². The minimum atomic E-state index is -4.61. The first-order valence-electron chi connectivity index (χ1n) is 7.41. The Morgan fingerprint density at radius 2 is 2.00 bits per heavy atom. The van der Waals surface area contributed by atoms with E-state index in [1.807, 2.05) is 12.2 Å². The molecule has 1 unspecified atom stereocenters. The molecule has 1 N–H and O–H groups in total. The van der Waals surface area contributed by atoms with E-state index in [2.05, 4.69) is 0 Å². The largest absolute Gasteiger partial charge is 0.487 e. The SMILES string of the molecule is CC(C)(Oc1cc(C(=O)O)ccc1C(F)(F)F)C1C=CCCC1. The molecule has 2 rings (SSSR count). The lowest BCUT2D eigenvalue weighted by Crippen LogP contribution is -2.38. The van der Waals surface area contributed by atoms with Crippen LogP contribution in [-0.4, -0.2) is 16.7 Å². The fourth-order valence-corrected chi connectivity index (χ4v) is 2.72. The standard InChI is InChI=1S/C17H19F3O3/c1-16(2,12-6-4-3-5-7-12)23-14-10-11(15(21)22)8-9-13(14)17(18,19)20/h4,6,8-10,12H,3,5,7H2,1-2H3,(H,21,22). The lowest BCUT2D eigenvalue weighted by molar-refractivity contribution is -0.140. The van der Waals surface area contributed by atoms with E-state index in [1.165, 1.54) is 0 Å². The third-order valence-electron chi connectivity index (χ3n) is 4.05. The summed E-state index contributed by atoms with van der Waals surface area (Å²) in [7, 11) is 0. The van der Waals surface area contributed by atoms with Crippen molar-refractivity contribution >= 4 is 5.97 Å². The van der Waals surface area contributed by atoms with Crippen LogP contribution in [0.5, 0.6) is 5.75 Å². The van der Waals surface area contributed by atoms with Crippen molar-refractivity contribution < 1.29 is 27.8 Å². The van der Waals surface area contributed by atoms with E-state index in [1.54, 1.807) is 13.8 Å². The summed E-state index contributed by atoms with van der Waals surface area (Å²) in [6.45, 7) is 3.45. The summed E-state index contributed by atoms with van der Waals surface area (Å²) in [6.07, 6.45) is 2.08. The molecule has 6 heteroatoms.